The lowest BCUT2D eigenvalue weighted by Gasteiger charge is -2.03. The summed E-state index contributed by atoms with van der Waals surface area (Å²) < 4.78 is 16.1. The van der Waals surface area contributed by atoms with E-state index in [1.807, 2.05) is 13.1 Å². The van der Waals surface area contributed by atoms with Crippen LogP contribution in [0.5, 0.6) is 0 Å². The molecule has 1 heterocycles. The number of benzene rings is 1. The van der Waals surface area contributed by atoms with Crippen LogP contribution in [0.25, 0.3) is 0 Å². The van der Waals surface area contributed by atoms with Crippen molar-refractivity contribution < 1.29 is 4.39 Å². The fourth-order valence-electron chi connectivity index (χ4n) is 1.42. The zero-order valence-corrected chi connectivity index (χ0v) is 11.5. The lowest BCUT2D eigenvalue weighted by molar-refractivity contribution is 0.584. The highest BCUT2D eigenvalue weighted by Gasteiger charge is 2.06. The Morgan fingerprint density at radius 1 is 1.50 bits per heavy atom. The largest absolute Gasteiger partial charge is 0.267 e. The third-order valence-electron chi connectivity index (χ3n) is 2.22. The Morgan fingerprint density at radius 2 is 2.25 bits per heavy atom. The maximum Gasteiger partial charge on any atom is 0.128 e. The minimum atomic E-state index is -0.257. The van der Waals surface area contributed by atoms with Gasteiger partial charge in [-0.15, -0.1) is 0 Å². The summed E-state index contributed by atoms with van der Waals surface area (Å²) in [4.78, 5) is 0. The van der Waals surface area contributed by atoms with Gasteiger partial charge >= 0.3 is 0 Å². The molecule has 1 aromatic heterocycles. The van der Waals surface area contributed by atoms with E-state index in [-0.39, 0.29) is 5.82 Å². The molecule has 0 saturated carbocycles. The van der Waals surface area contributed by atoms with E-state index < -0.39 is 0 Å². The van der Waals surface area contributed by atoms with Gasteiger partial charge in [-0.1, -0.05) is 11.6 Å². The molecule has 0 amide bonds. The number of aryl methyl sites for hydroxylation is 1. The van der Waals surface area contributed by atoms with Gasteiger partial charge in [-0.05, 0) is 47.7 Å². The molecule has 0 unspecified atom stereocenters. The molecule has 0 aliphatic carbocycles. The summed E-state index contributed by atoms with van der Waals surface area (Å²) in [5, 5.41) is 4.81. The Hall–Kier alpha value is -0.620. The number of hydrogen-bond donors (Lipinski definition) is 0. The van der Waals surface area contributed by atoms with Crippen molar-refractivity contribution in [3.63, 3.8) is 0 Å². The summed E-state index contributed by atoms with van der Waals surface area (Å²) in [5.74, 6) is -0.257. The Morgan fingerprint density at radius 3 is 2.88 bits per heavy atom. The van der Waals surface area contributed by atoms with Gasteiger partial charge in [-0.25, -0.2) is 4.39 Å². The first-order valence-electron chi connectivity index (χ1n) is 4.70. The van der Waals surface area contributed by atoms with Crippen molar-refractivity contribution in [3.05, 3.63) is 50.1 Å². The molecule has 2 aromatic rings. The SMILES string of the molecule is Cc1cn(Cc2cc(Cl)ccc2F)nc1I. The van der Waals surface area contributed by atoms with Gasteiger partial charge in [0.25, 0.3) is 0 Å². The van der Waals surface area contributed by atoms with Crippen LogP contribution in [0, 0.1) is 16.4 Å². The summed E-state index contributed by atoms with van der Waals surface area (Å²) >= 11 is 7.97. The molecule has 2 nitrogen and oxygen atoms in total. The van der Waals surface area contributed by atoms with Crippen LogP contribution in [0.15, 0.2) is 24.4 Å². The molecule has 0 fully saturated rings. The fourth-order valence-corrected chi connectivity index (χ4v) is 2.03. The summed E-state index contributed by atoms with van der Waals surface area (Å²) in [7, 11) is 0. The van der Waals surface area contributed by atoms with Crippen molar-refractivity contribution in [3.8, 4) is 0 Å². The molecule has 0 N–H and O–H groups in total. The average molecular weight is 351 g/mol. The third-order valence-corrected chi connectivity index (χ3v) is 3.53. The molecule has 0 atom stereocenters. The predicted molar refractivity (Wildman–Crippen MR) is 70.2 cm³/mol. The van der Waals surface area contributed by atoms with E-state index in [2.05, 4.69) is 27.7 Å². The standard InChI is InChI=1S/C11H9ClFIN2/c1-7-5-16(15-11(7)14)6-8-4-9(12)2-3-10(8)13/h2-5H,6H2,1H3. The van der Waals surface area contributed by atoms with E-state index in [0.29, 0.717) is 17.1 Å². The van der Waals surface area contributed by atoms with E-state index in [4.69, 9.17) is 11.6 Å². The number of aromatic nitrogens is 2. The van der Waals surface area contributed by atoms with Gasteiger partial charge in [-0.2, -0.15) is 5.10 Å². The van der Waals surface area contributed by atoms with Gasteiger partial charge in [-0.3, -0.25) is 4.68 Å². The zero-order chi connectivity index (χ0) is 11.7. The molecule has 84 valence electrons. The number of nitrogens with zero attached hydrogens (tertiary/aromatic N) is 2. The van der Waals surface area contributed by atoms with E-state index in [9.17, 15) is 4.39 Å². The lowest BCUT2D eigenvalue weighted by atomic mass is 10.2. The van der Waals surface area contributed by atoms with Crippen LogP contribution in [0.3, 0.4) is 0 Å². The van der Waals surface area contributed by atoms with Gasteiger partial charge in [0.2, 0.25) is 0 Å². The summed E-state index contributed by atoms with van der Waals surface area (Å²) in [6.07, 6.45) is 1.89. The summed E-state index contributed by atoms with van der Waals surface area (Å²) in [6.45, 7) is 2.37. The van der Waals surface area contributed by atoms with Gasteiger partial charge in [0, 0.05) is 22.3 Å². The first-order valence-corrected chi connectivity index (χ1v) is 6.15. The Bertz CT molecular complexity index is 505. The van der Waals surface area contributed by atoms with E-state index >= 15 is 0 Å². The normalized spacial score (nSPS) is 10.8. The molecular weight excluding hydrogens is 341 g/mol. The van der Waals surface area contributed by atoms with Crippen molar-refractivity contribution in [1.82, 2.24) is 9.78 Å². The molecular formula is C11H9ClFIN2. The molecule has 0 aliphatic rings. The first kappa shape index (κ1) is 11.9. The Balaban J connectivity index is 2.29. The van der Waals surface area contributed by atoms with Gasteiger partial charge in [0.1, 0.15) is 9.52 Å². The van der Waals surface area contributed by atoms with Crippen LogP contribution in [-0.2, 0) is 6.54 Å². The second-order valence-corrected chi connectivity index (χ2v) is 4.99. The van der Waals surface area contributed by atoms with Gasteiger partial charge in [0.05, 0.1) is 6.54 Å². The van der Waals surface area contributed by atoms with Crippen LogP contribution >= 0.6 is 34.2 Å². The smallest absolute Gasteiger partial charge is 0.128 e. The molecule has 0 bridgehead atoms. The maximum absolute atomic E-state index is 13.5. The first-order chi connectivity index (χ1) is 7.56. The third kappa shape index (κ3) is 2.55. The molecule has 16 heavy (non-hydrogen) atoms. The minimum absolute atomic E-state index is 0.257. The predicted octanol–water partition coefficient (Wildman–Crippen LogP) is 3.64. The number of hydrogen-bond acceptors (Lipinski definition) is 1. The van der Waals surface area contributed by atoms with Gasteiger partial charge in [0.15, 0.2) is 0 Å². The van der Waals surface area contributed by atoms with Gasteiger partial charge < -0.3 is 0 Å². The molecule has 0 aliphatic heterocycles. The van der Waals surface area contributed by atoms with E-state index in [0.717, 1.165) is 9.26 Å². The summed E-state index contributed by atoms with van der Waals surface area (Å²) in [6, 6.07) is 4.54. The molecule has 0 radical (unpaired) electrons. The van der Waals surface area contributed by atoms with Crippen molar-refractivity contribution >= 4 is 34.2 Å². The zero-order valence-electron chi connectivity index (χ0n) is 8.54. The molecule has 2 rings (SSSR count). The van der Waals surface area contributed by atoms with E-state index in [1.165, 1.54) is 6.07 Å². The average Bonchev–Trinajstić information content (AvgIpc) is 2.52. The van der Waals surface area contributed by atoms with Crippen LogP contribution in [0.4, 0.5) is 4.39 Å². The van der Waals surface area contributed by atoms with Crippen LogP contribution in [-0.4, -0.2) is 9.78 Å². The van der Waals surface area contributed by atoms with E-state index in [1.54, 1.807) is 16.8 Å². The van der Waals surface area contributed by atoms with Crippen LogP contribution in [0.2, 0.25) is 5.02 Å². The second-order valence-electron chi connectivity index (χ2n) is 3.54. The highest BCUT2D eigenvalue weighted by molar-refractivity contribution is 14.1. The number of rotatable bonds is 2. The summed E-state index contributed by atoms with van der Waals surface area (Å²) in [5.41, 5.74) is 1.63. The highest BCUT2D eigenvalue weighted by Crippen LogP contribution is 2.16. The number of halogens is 3. The van der Waals surface area contributed by atoms with Crippen molar-refractivity contribution in [1.29, 1.82) is 0 Å². The lowest BCUT2D eigenvalue weighted by Crippen LogP contribution is -2.02. The van der Waals surface area contributed by atoms with Crippen molar-refractivity contribution in [2.45, 2.75) is 13.5 Å². The molecule has 0 saturated heterocycles. The second kappa shape index (κ2) is 4.71. The maximum atomic E-state index is 13.5. The Labute approximate surface area is 112 Å². The Kier molecular flexibility index (Phi) is 3.49. The molecule has 0 spiro atoms. The topological polar surface area (TPSA) is 17.8 Å². The van der Waals surface area contributed by atoms with Crippen LogP contribution in [0.1, 0.15) is 11.1 Å². The highest BCUT2D eigenvalue weighted by atomic mass is 127. The fraction of sp³-hybridized carbons (Fsp3) is 0.182. The van der Waals surface area contributed by atoms with Crippen molar-refractivity contribution in [2.75, 3.05) is 0 Å². The molecule has 1 aromatic carbocycles. The molecule has 5 heteroatoms. The minimum Gasteiger partial charge on any atom is -0.267 e. The monoisotopic (exact) mass is 350 g/mol. The quantitative estimate of drug-likeness (QED) is 0.756. The van der Waals surface area contributed by atoms with Crippen molar-refractivity contribution in [2.24, 2.45) is 0 Å². The van der Waals surface area contributed by atoms with Crippen LogP contribution < -0.4 is 0 Å².